The summed E-state index contributed by atoms with van der Waals surface area (Å²) in [5.74, 6) is 1.96. The largest absolute Gasteiger partial charge is 0.416 e. The Kier molecular flexibility index (Phi) is 4.39. The Morgan fingerprint density at radius 2 is 2.12 bits per heavy atom. The normalized spacial score (nSPS) is 17.5. The van der Waals surface area contributed by atoms with E-state index in [4.69, 9.17) is 4.42 Å². The molecular formula is C11H16N2O2S. The molecule has 0 saturated heterocycles. The van der Waals surface area contributed by atoms with Gasteiger partial charge in [-0.3, -0.25) is 0 Å². The minimum atomic E-state index is 0.460. The lowest BCUT2D eigenvalue weighted by molar-refractivity contribution is -0.107. The van der Waals surface area contributed by atoms with Crippen LogP contribution in [-0.4, -0.2) is 22.2 Å². The number of hydrogen-bond donors (Lipinski definition) is 0. The monoisotopic (exact) mass is 240 g/mol. The second kappa shape index (κ2) is 6.03. The molecule has 0 N–H and O–H groups in total. The van der Waals surface area contributed by atoms with Crippen LogP contribution in [0.25, 0.3) is 0 Å². The van der Waals surface area contributed by atoms with Crippen molar-refractivity contribution in [3.63, 3.8) is 0 Å². The van der Waals surface area contributed by atoms with Crippen molar-refractivity contribution < 1.29 is 9.21 Å². The van der Waals surface area contributed by atoms with Crippen LogP contribution < -0.4 is 0 Å². The maximum atomic E-state index is 10.2. The maximum Gasteiger partial charge on any atom is 0.276 e. The molecule has 0 aromatic carbocycles. The van der Waals surface area contributed by atoms with E-state index in [-0.39, 0.29) is 0 Å². The predicted molar refractivity (Wildman–Crippen MR) is 61.5 cm³/mol. The molecule has 1 aliphatic carbocycles. The van der Waals surface area contributed by atoms with Gasteiger partial charge >= 0.3 is 0 Å². The Morgan fingerprint density at radius 1 is 1.31 bits per heavy atom. The van der Waals surface area contributed by atoms with Crippen molar-refractivity contribution in [3.05, 3.63) is 5.89 Å². The molecule has 0 aliphatic heterocycles. The highest BCUT2D eigenvalue weighted by Gasteiger charge is 2.21. The summed E-state index contributed by atoms with van der Waals surface area (Å²) in [4.78, 5) is 10.2. The van der Waals surface area contributed by atoms with E-state index in [1.807, 2.05) is 0 Å². The summed E-state index contributed by atoms with van der Waals surface area (Å²) in [5.41, 5.74) is 0. The standard InChI is InChI=1S/C11H16N2O2S/c14-7-4-8-16-11-13-12-10(15-11)9-5-2-1-3-6-9/h7,9H,1-6,8H2. The van der Waals surface area contributed by atoms with Gasteiger partial charge in [-0.15, -0.1) is 10.2 Å². The molecule has 1 aromatic rings. The Hall–Kier alpha value is -0.840. The van der Waals surface area contributed by atoms with Crippen LogP contribution in [0.1, 0.15) is 50.3 Å². The van der Waals surface area contributed by atoms with E-state index in [1.165, 1.54) is 43.9 Å². The summed E-state index contributed by atoms with van der Waals surface area (Å²) in [6.45, 7) is 0. The topological polar surface area (TPSA) is 56.0 Å². The molecule has 0 atom stereocenters. The van der Waals surface area contributed by atoms with E-state index in [0.717, 1.165) is 17.9 Å². The first-order chi connectivity index (χ1) is 7.90. The minimum absolute atomic E-state index is 0.460. The molecule has 0 bridgehead atoms. The number of rotatable bonds is 5. The van der Waals surface area contributed by atoms with Crippen LogP contribution in [0.5, 0.6) is 0 Å². The Bertz CT molecular complexity index is 334. The first kappa shape index (κ1) is 11.6. The molecule has 4 nitrogen and oxygen atoms in total. The van der Waals surface area contributed by atoms with Gasteiger partial charge in [-0.05, 0) is 12.8 Å². The Morgan fingerprint density at radius 3 is 2.88 bits per heavy atom. The summed E-state index contributed by atoms with van der Waals surface area (Å²) in [7, 11) is 0. The molecule has 0 radical (unpaired) electrons. The molecule has 88 valence electrons. The smallest absolute Gasteiger partial charge is 0.276 e. The van der Waals surface area contributed by atoms with Gasteiger partial charge in [0, 0.05) is 18.1 Å². The average molecular weight is 240 g/mol. The van der Waals surface area contributed by atoms with Crippen molar-refractivity contribution in [2.75, 3.05) is 5.75 Å². The van der Waals surface area contributed by atoms with Crippen LogP contribution in [0.2, 0.25) is 0 Å². The third-order valence-electron chi connectivity index (χ3n) is 2.84. The minimum Gasteiger partial charge on any atom is -0.416 e. The van der Waals surface area contributed by atoms with Gasteiger partial charge in [0.25, 0.3) is 5.22 Å². The second-order valence-electron chi connectivity index (χ2n) is 4.04. The molecule has 2 rings (SSSR count). The molecule has 1 fully saturated rings. The van der Waals surface area contributed by atoms with Crippen molar-refractivity contribution in [2.45, 2.75) is 49.7 Å². The number of carbonyl (C=O) groups is 1. The molecule has 1 aliphatic rings. The third-order valence-corrected chi connectivity index (χ3v) is 3.69. The highest BCUT2D eigenvalue weighted by molar-refractivity contribution is 7.99. The Labute approximate surface area is 99.2 Å². The molecule has 1 heterocycles. The number of aldehydes is 1. The average Bonchev–Trinajstić information content (AvgIpc) is 2.79. The fourth-order valence-electron chi connectivity index (χ4n) is 1.99. The molecule has 1 saturated carbocycles. The van der Waals surface area contributed by atoms with Gasteiger partial charge in [0.2, 0.25) is 5.89 Å². The van der Waals surface area contributed by atoms with Crippen LogP contribution in [0, 0.1) is 0 Å². The number of aromatic nitrogens is 2. The number of carbonyl (C=O) groups excluding carboxylic acids is 1. The molecule has 0 amide bonds. The van der Waals surface area contributed by atoms with Gasteiger partial charge in [0.15, 0.2) is 0 Å². The molecule has 5 heteroatoms. The quantitative estimate of drug-likeness (QED) is 0.450. The van der Waals surface area contributed by atoms with Gasteiger partial charge in [-0.1, -0.05) is 31.0 Å². The summed E-state index contributed by atoms with van der Waals surface area (Å²) in [6, 6.07) is 0. The van der Waals surface area contributed by atoms with Crippen molar-refractivity contribution in [1.82, 2.24) is 10.2 Å². The summed E-state index contributed by atoms with van der Waals surface area (Å²) < 4.78 is 5.59. The fourth-order valence-corrected chi connectivity index (χ4v) is 2.62. The van der Waals surface area contributed by atoms with Crippen molar-refractivity contribution >= 4 is 18.0 Å². The Balaban J connectivity index is 1.88. The van der Waals surface area contributed by atoms with E-state index in [0.29, 0.717) is 17.6 Å². The van der Waals surface area contributed by atoms with Crippen LogP contribution in [0.4, 0.5) is 0 Å². The van der Waals surface area contributed by atoms with E-state index >= 15 is 0 Å². The zero-order valence-corrected chi connectivity index (χ0v) is 10.0. The van der Waals surface area contributed by atoms with Gasteiger partial charge in [-0.25, -0.2) is 0 Å². The van der Waals surface area contributed by atoms with Gasteiger partial charge in [-0.2, -0.15) is 0 Å². The SMILES string of the molecule is O=CCCSc1nnc(C2CCCCC2)o1. The third kappa shape index (κ3) is 3.07. The first-order valence-corrected chi connectivity index (χ1v) is 6.78. The fraction of sp³-hybridized carbons (Fsp3) is 0.727. The molecule has 1 aromatic heterocycles. The highest BCUT2D eigenvalue weighted by atomic mass is 32.2. The van der Waals surface area contributed by atoms with Gasteiger partial charge < -0.3 is 9.21 Å². The van der Waals surface area contributed by atoms with Crippen molar-refractivity contribution in [2.24, 2.45) is 0 Å². The van der Waals surface area contributed by atoms with E-state index in [1.54, 1.807) is 0 Å². The zero-order valence-electron chi connectivity index (χ0n) is 9.22. The molecule has 16 heavy (non-hydrogen) atoms. The van der Waals surface area contributed by atoms with E-state index in [9.17, 15) is 4.79 Å². The maximum absolute atomic E-state index is 10.2. The lowest BCUT2D eigenvalue weighted by atomic mass is 9.89. The van der Waals surface area contributed by atoms with Crippen LogP contribution >= 0.6 is 11.8 Å². The highest BCUT2D eigenvalue weighted by Crippen LogP contribution is 2.32. The summed E-state index contributed by atoms with van der Waals surface area (Å²) in [6.07, 6.45) is 7.63. The van der Waals surface area contributed by atoms with Crippen molar-refractivity contribution in [3.8, 4) is 0 Å². The van der Waals surface area contributed by atoms with Crippen molar-refractivity contribution in [1.29, 1.82) is 0 Å². The van der Waals surface area contributed by atoms with E-state index < -0.39 is 0 Å². The summed E-state index contributed by atoms with van der Waals surface area (Å²) >= 11 is 1.46. The number of nitrogens with zero attached hydrogens (tertiary/aromatic N) is 2. The van der Waals surface area contributed by atoms with Crippen LogP contribution in [0.15, 0.2) is 9.64 Å². The summed E-state index contributed by atoms with van der Waals surface area (Å²) in [5, 5.41) is 8.69. The molecular weight excluding hydrogens is 224 g/mol. The number of thioether (sulfide) groups is 1. The lowest BCUT2D eigenvalue weighted by Crippen LogP contribution is -2.04. The molecule has 0 unspecified atom stereocenters. The van der Waals surface area contributed by atoms with Crippen LogP contribution in [-0.2, 0) is 4.79 Å². The second-order valence-corrected chi connectivity index (χ2v) is 5.09. The molecule has 0 spiro atoms. The number of hydrogen-bond acceptors (Lipinski definition) is 5. The lowest BCUT2D eigenvalue weighted by Gasteiger charge is -2.17. The zero-order chi connectivity index (χ0) is 11.2. The first-order valence-electron chi connectivity index (χ1n) is 5.80. The van der Waals surface area contributed by atoms with Gasteiger partial charge in [0.1, 0.15) is 6.29 Å². The van der Waals surface area contributed by atoms with E-state index in [2.05, 4.69) is 10.2 Å². The van der Waals surface area contributed by atoms with Crippen LogP contribution in [0.3, 0.4) is 0 Å². The van der Waals surface area contributed by atoms with Gasteiger partial charge in [0.05, 0.1) is 0 Å². The predicted octanol–water partition coefficient (Wildman–Crippen LogP) is 2.80.